The lowest BCUT2D eigenvalue weighted by Crippen LogP contribution is -2.33. The summed E-state index contributed by atoms with van der Waals surface area (Å²) in [6.07, 6.45) is 2.43. The molecule has 0 saturated carbocycles. The lowest BCUT2D eigenvalue weighted by Gasteiger charge is -2.25. The van der Waals surface area contributed by atoms with E-state index in [1.807, 2.05) is 30.7 Å². The molecule has 6 heteroatoms. The third-order valence-electron chi connectivity index (χ3n) is 4.70. The number of benzene rings is 1. The number of rotatable bonds is 4. The minimum Gasteiger partial charge on any atom is -0.454 e. The molecule has 0 aliphatic carbocycles. The molecule has 4 rings (SSSR count). The number of para-hydroxylation sites is 1. The van der Waals surface area contributed by atoms with Crippen molar-refractivity contribution in [2.75, 3.05) is 13.3 Å². The smallest absolute Gasteiger partial charge is 0.231 e. The molecule has 0 amide bonds. The summed E-state index contributed by atoms with van der Waals surface area (Å²) >= 11 is 0. The van der Waals surface area contributed by atoms with Gasteiger partial charge in [0.1, 0.15) is 11.6 Å². The van der Waals surface area contributed by atoms with E-state index in [0.717, 1.165) is 42.8 Å². The van der Waals surface area contributed by atoms with E-state index in [-0.39, 0.29) is 0 Å². The van der Waals surface area contributed by atoms with E-state index in [2.05, 4.69) is 21.0 Å². The van der Waals surface area contributed by atoms with E-state index in [4.69, 9.17) is 9.47 Å². The minimum absolute atomic E-state index is 0.327. The Labute approximate surface area is 136 Å². The molecule has 1 fully saturated rings. The van der Waals surface area contributed by atoms with E-state index in [1.54, 1.807) is 0 Å². The Balaban J connectivity index is 1.50. The van der Waals surface area contributed by atoms with Crippen LogP contribution in [0.2, 0.25) is 0 Å². The fraction of sp³-hybridized carbons (Fsp3) is 0.529. The normalized spacial score (nSPS) is 20.3. The molecule has 1 atom stereocenters. The van der Waals surface area contributed by atoms with Gasteiger partial charge < -0.3 is 9.47 Å². The zero-order chi connectivity index (χ0) is 15.8. The molecule has 1 unspecified atom stereocenters. The van der Waals surface area contributed by atoms with Crippen molar-refractivity contribution in [1.29, 1.82) is 0 Å². The van der Waals surface area contributed by atoms with Gasteiger partial charge in [0.2, 0.25) is 6.79 Å². The molecule has 0 radical (unpaired) electrons. The molecule has 2 aliphatic heterocycles. The third kappa shape index (κ3) is 2.79. The Hall–Kier alpha value is -2.08. The average Bonchev–Trinajstić information content (AvgIpc) is 3.22. The second-order valence-corrected chi connectivity index (χ2v) is 6.31. The van der Waals surface area contributed by atoms with Gasteiger partial charge in [-0.3, -0.25) is 4.90 Å². The number of nitrogens with zero attached hydrogens (tertiary/aromatic N) is 4. The lowest BCUT2D eigenvalue weighted by atomic mass is 10.1. The van der Waals surface area contributed by atoms with Crippen molar-refractivity contribution in [3.8, 4) is 11.5 Å². The fourth-order valence-corrected chi connectivity index (χ4v) is 3.58. The number of fused-ring (bicyclic) bond motifs is 1. The molecule has 0 spiro atoms. The van der Waals surface area contributed by atoms with Crippen molar-refractivity contribution in [1.82, 2.24) is 19.7 Å². The summed E-state index contributed by atoms with van der Waals surface area (Å²) in [6.45, 7) is 7.20. The maximum atomic E-state index is 5.64. The lowest BCUT2D eigenvalue weighted by molar-refractivity contribution is 0.170. The van der Waals surface area contributed by atoms with Gasteiger partial charge >= 0.3 is 0 Å². The Bertz CT molecular complexity index is 713. The first-order valence-corrected chi connectivity index (χ1v) is 8.20. The van der Waals surface area contributed by atoms with Crippen molar-refractivity contribution in [2.45, 2.75) is 45.8 Å². The Kier molecular flexibility index (Phi) is 3.69. The van der Waals surface area contributed by atoms with Crippen LogP contribution in [-0.2, 0) is 13.1 Å². The van der Waals surface area contributed by atoms with E-state index in [1.165, 1.54) is 18.4 Å². The van der Waals surface area contributed by atoms with E-state index in [9.17, 15) is 0 Å². The van der Waals surface area contributed by atoms with Gasteiger partial charge in [-0.2, -0.15) is 5.10 Å². The largest absolute Gasteiger partial charge is 0.454 e. The van der Waals surface area contributed by atoms with Gasteiger partial charge in [0.15, 0.2) is 11.5 Å². The highest BCUT2D eigenvalue weighted by Crippen LogP contribution is 2.36. The van der Waals surface area contributed by atoms with Gasteiger partial charge in [0, 0.05) is 18.2 Å². The molecule has 6 nitrogen and oxygen atoms in total. The molecule has 0 bridgehead atoms. The zero-order valence-electron chi connectivity index (χ0n) is 13.7. The number of hydrogen-bond acceptors (Lipinski definition) is 5. The van der Waals surface area contributed by atoms with Crippen LogP contribution in [-0.4, -0.2) is 39.0 Å². The van der Waals surface area contributed by atoms with Crippen molar-refractivity contribution in [3.63, 3.8) is 0 Å². The number of aryl methyl sites for hydroxylation is 2. The van der Waals surface area contributed by atoms with E-state index >= 15 is 0 Å². The van der Waals surface area contributed by atoms with Gasteiger partial charge in [0.05, 0.1) is 6.54 Å². The molecule has 122 valence electrons. The second kappa shape index (κ2) is 5.85. The maximum Gasteiger partial charge on any atom is 0.231 e. The topological polar surface area (TPSA) is 52.4 Å². The summed E-state index contributed by atoms with van der Waals surface area (Å²) in [6, 6.07) is 6.63. The van der Waals surface area contributed by atoms with Crippen molar-refractivity contribution >= 4 is 0 Å². The van der Waals surface area contributed by atoms with Gasteiger partial charge in [-0.15, -0.1) is 0 Å². The quantitative estimate of drug-likeness (QED) is 0.866. The molecule has 1 aromatic carbocycles. The van der Waals surface area contributed by atoms with Crippen LogP contribution in [0.4, 0.5) is 0 Å². The highest BCUT2D eigenvalue weighted by atomic mass is 16.7. The standard InChI is InChI=1S/C17H22N4O2/c1-12-18-13(2)21(19-12)10-15-6-4-8-20(15)9-14-5-3-7-16-17(14)23-11-22-16/h3,5,7,15H,4,6,8-11H2,1-2H3. The molecule has 2 aromatic rings. The van der Waals surface area contributed by atoms with Crippen LogP contribution in [0.15, 0.2) is 18.2 Å². The Morgan fingerprint density at radius 1 is 1.26 bits per heavy atom. The fourth-order valence-electron chi connectivity index (χ4n) is 3.58. The van der Waals surface area contributed by atoms with Gasteiger partial charge in [0.25, 0.3) is 0 Å². The van der Waals surface area contributed by atoms with Crippen LogP contribution in [0.25, 0.3) is 0 Å². The number of hydrogen-bond donors (Lipinski definition) is 0. The predicted octanol–water partition coefficient (Wildman–Crippen LogP) is 2.29. The predicted molar refractivity (Wildman–Crippen MR) is 85.5 cm³/mol. The third-order valence-corrected chi connectivity index (χ3v) is 4.70. The Morgan fingerprint density at radius 2 is 2.17 bits per heavy atom. The first kappa shape index (κ1) is 14.5. The summed E-state index contributed by atoms with van der Waals surface area (Å²) < 4.78 is 13.2. The average molecular weight is 314 g/mol. The molecule has 23 heavy (non-hydrogen) atoms. The number of ether oxygens (including phenoxy) is 2. The summed E-state index contributed by atoms with van der Waals surface area (Å²) in [4.78, 5) is 6.93. The highest BCUT2D eigenvalue weighted by Gasteiger charge is 2.28. The zero-order valence-corrected chi connectivity index (χ0v) is 13.7. The maximum absolute atomic E-state index is 5.64. The Morgan fingerprint density at radius 3 is 3.00 bits per heavy atom. The molecule has 2 aliphatic rings. The monoisotopic (exact) mass is 314 g/mol. The van der Waals surface area contributed by atoms with Crippen molar-refractivity contribution in [2.24, 2.45) is 0 Å². The van der Waals surface area contributed by atoms with Gasteiger partial charge in [-0.1, -0.05) is 12.1 Å². The second-order valence-electron chi connectivity index (χ2n) is 6.31. The minimum atomic E-state index is 0.327. The molecule has 1 aromatic heterocycles. The van der Waals surface area contributed by atoms with Crippen LogP contribution in [0.1, 0.15) is 30.1 Å². The molecule has 3 heterocycles. The SMILES string of the molecule is Cc1nc(C)n(CC2CCCN2Cc2cccc3c2OCO3)n1. The number of aromatic nitrogens is 3. The van der Waals surface area contributed by atoms with Gasteiger partial charge in [-0.25, -0.2) is 9.67 Å². The summed E-state index contributed by atoms with van der Waals surface area (Å²) in [5.41, 5.74) is 1.21. The van der Waals surface area contributed by atoms with E-state index < -0.39 is 0 Å². The summed E-state index contributed by atoms with van der Waals surface area (Å²) in [7, 11) is 0. The molecular formula is C17H22N4O2. The van der Waals surface area contributed by atoms with Crippen LogP contribution < -0.4 is 9.47 Å². The van der Waals surface area contributed by atoms with Crippen LogP contribution in [0, 0.1) is 13.8 Å². The first-order valence-electron chi connectivity index (χ1n) is 8.20. The molecular weight excluding hydrogens is 292 g/mol. The molecule has 1 saturated heterocycles. The van der Waals surface area contributed by atoms with Crippen LogP contribution in [0.3, 0.4) is 0 Å². The number of likely N-dealkylation sites (tertiary alicyclic amines) is 1. The summed E-state index contributed by atoms with van der Waals surface area (Å²) in [5, 5.41) is 4.51. The van der Waals surface area contributed by atoms with Crippen molar-refractivity contribution < 1.29 is 9.47 Å². The first-order chi connectivity index (χ1) is 11.2. The molecule has 0 N–H and O–H groups in total. The van der Waals surface area contributed by atoms with E-state index in [0.29, 0.717) is 12.8 Å². The van der Waals surface area contributed by atoms with Crippen LogP contribution in [0.5, 0.6) is 11.5 Å². The van der Waals surface area contributed by atoms with Gasteiger partial charge in [-0.05, 0) is 39.3 Å². The van der Waals surface area contributed by atoms with Crippen LogP contribution >= 0.6 is 0 Å². The highest BCUT2D eigenvalue weighted by molar-refractivity contribution is 5.48. The summed E-state index contributed by atoms with van der Waals surface area (Å²) in [5.74, 6) is 3.61. The van der Waals surface area contributed by atoms with Crippen molar-refractivity contribution in [3.05, 3.63) is 35.4 Å².